The van der Waals surface area contributed by atoms with Crippen molar-refractivity contribution in [2.45, 2.75) is 45.1 Å². The molecule has 1 aromatic carbocycles. The molecule has 1 fully saturated rings. The van der Waals surface area contributed by atoms with E-state index in [1.54, 1.807) is 54.1 Å². The molecule has 1 saturated carbocycles. The van der Waals surface area contributed by atoms with Gasteiger partial charge in [-0.15, -0.1) is 0 Å². The number of amides is 1. The molecule has 1 amide bonds. The lowest BCUT2D eigenvalue weighted by molar-refractivity contribution is 0.0523. The van der Waals surface area contributed by atoms with Gasteiger partial charge >= 0.3 is 5.97 Å². The summed E-state index contributed by atoms with van der Waals surface area (Å²) in [6.45, 7) is 1.81. The highest BCUT2D eigenvalue weighted by molar-refractivity contribution is 5.99. The normalized spacial score (nSPS) is 14.5. The molecule has 10 nitrogen and oxygen atoms in total. The van der Waals surface area contributed by atoms with Gasteiger partial charge in [-0.05, 0) is 50.1 Å². The molecule has 0 aliphatic heterocycles. The first-order valence-electron chi connectivity index (χ1n) is 13.0. The summed E-state index contributed by atoms with van der Waals surface area (Å²) in [4.78, 5) is 49.9. The number of aromatic nitrogens is 3. The predicted molar refractivity (Wildman–Crippen MR) is 144 cm³/mol. The second-order valence-corrected chi connectivity index (χ2v) is 9.31. The van der Waals surface area contributed by atoms with Gasteiger partial charge in [0.25, 0.3) is 11.5 Å². The van der Waals surface area contributed by atoms with Crippen LogP contribution in [0.2, 0.25) is 0 Å². The standard InChI is InChI=1S/C29H30N4O6/c1-4-39-29(36)21-17-20-25(30-23-15-8-9-16-32(23)28(20)35)33(18-11-6-5-7-12-18)26(21)31-27(34)19-13-10-14-22(37-2)24(19)38-3/h8-10,13-18H,4-7,11-12H2,1-3H3. The van der Waals surface area contributed by atoms with Crippen LogP contribution >= 0.6 is 0 Å². The maximum atomic E-state index is 13.7. The molecule has 0 unspecified atom stereocenters. The summed E-state index contributed by atoms with van der Waals surface area (Å²) in [6.07, 6.45) is 6.23. The minimum absolute atomic E-state index is 0.0277. The SMILES string of the molecule is CCOC(=O)c1cc2c(=O)n3ccccc3nc2n(C2CCCCC2)c1=NC(=O)c1cccc(OC)c1OC. The van der Waals surface area contributed by atoms with Gasteiger partial charge in [0, 0.05) is 12.2 Å². The highest BCUT2D eigenvalue weighted by atomic mass is 16.5. The molecule has 202 valence electrons. The molecular formula is C29H30N4O6. The molecule has 10 heteroatoms. The van der Waals surface area contributed by atoms with Gasteiger partial charge in [-0.2, -0.15) is 4.99 Å². The van der Waals surface area contributed by atoms with Crippen LogP contribution in [-0.4, -0.2) is 46.7 Å². The predicted octanol–water partition coefficient (Wildman–Crippen LogP) is 4.09. The van der Waals surface area contributed by atoms with Crippen LogP contribution < -0.4 is 20.5 Å². The Morgan fingerprint density at radius 3 is 2.54 bits per heavy atom. The van der Waals surface area contributed by atoms with Crippen molar-refractivity contribution < 1.29 is 23.8 Å². The number of methoxy groups -OCH3 is 2. The first kappa shape index (κ1) is 26.1. The van der Waals surface area contributed by atoms with Crippen LogP contribution in [0.1, 0.15) is 65.8 Å². The Morgan fingerprint density at radius 1 is 1.03 bits per heavy atom. The van der Waals surface area contributed by atoms with E-state index in [1.807, 2.05) is 0 Å². The van der Waals surface area contributed by atoms with Crippen molar-refractivity contribution in [1.82, 2.24) is 14.0 Å². The van der Waals surface area contributed by atoms with E-state index in [0.29, 0.717) is 17.0 Å². The maximum absolute atomic E-state index is 13.7. The van der Waals surface area contributed by atoms with Gasteiger partial charge in [-0.1, -0.05) is 31.4 Å². The number of nitrogens with zero attached hydrogens (tertiary/aromatic N) is 4. The summed E-state index contributed by atoms with van der Waals surface area (Å²) in [5.74, 6) is -0.689. The molecule has 0 N–H and O–H groups in total. The first-order valence-corrected chi connectivity index (χ1v) is 13.0. The van der Waals surface area contributed by atoms with E-state index < -0.39 is 11.9 Å². The molecule has 1 aliphatic carbocycles. The number of benzene rings is 1. The zero-order valence-corrected chi connectivity index (χ0v) is 22.2. The average Bonchev–Trinajstić information content (AvgIpc) is 2.97. The Hall–Kier alpha value is -4.47. The Labute approximate surface area is 224 Å². The number of para-hydroxylation sites is 1. The van der Waals surface area contributed by atoms with Crippen molar-refractivity contribution in [3.05, 3.63) is 75.6 Å². The number of fused-ring (bicyclic) bond motifs is 2. The molecule has 1 aliphatic rings. The largest absolute Gasteiger partial charge is 0.493 e. The number of hydrogen-bond donors (Lipinski definition) is 0. The Kier molecular flexibility index (Phi) is 7.44. The van der Waals surface area contributed by atoms with Crippen molar-refractivity contribution in [2.24, 2.45) is 4.99 Å². The number of esters is 1. The number of hydrogen-bond acceptors (Lipinski definition) is 7. The number of pyridine rings is 2. The smallest absolute Gasteiger partial charge is 0.341 e. The van der Waals surface area contributed by atoms with Crippen LogP contribution in [0.25, 0.3) is 16.7 Å². The minimum Gasteiger partial charge on any atom is -0.493 e. The second kappa shape index (κ2) is 11.1. The number of ether oxygens (including phenoxy) is 3. The fraction of sp³-hybridized carbons (Fsp3) is 0.345. The summed E-state index contributed by atoms with van der Waals surface area (Å²) in [6, 6.07) is 11.5. The van der Waals surface area contributed by atoms with Crippen LogP contribution in [0.4, 0.5) is 0 Å². The van der Waals surface area contributed by atoms with E-state index in [4.69, 9.17) is 19.2 Å². The molecule has 3 aromatic heterocycles. The average molecular weight is 531 g/mol. The molecular weight excluding hydrogens is 500 g/mol. The molecule has 0 saturated heterocycles. The molecule has 39 heavy (non-hydrogen) atoms. The lowest BCUT2D eigenvalue weighted by Crippen LogP contribution is -2.35. The van der Waals surface area contributed by atoms with E-state index in [2.05, 4.69) is 4.99 Å². The molecule has 4 aromatic rings. The maximum Gasteiger partial charge on any atom is 0.341 e. The van der Waals surface area contributed by atoms with Crippen LogP contribution in [0.3, 0.4) is 0 Å². The van der Waals surface area contributed by atoms with Crippen molar-refractivity contribution in [3.8, 4) is 11.5 Å². The van der Waals surface area contributed by atoms with Crippen molar-refractivity contribution >= 4 is 28.6 Å². The van der Waals surface area contributed by atoms with Crippen molar-refractivity contribution in [1.29, 1.82) is 0 Å². The summed E-state index contributed by atoms with van der Waals surface area (Å²) in [5, 5.41) is 0.248. The lowest BCUT2D eigenvalue weighted by Gasteiger charge is -2.27. The van der Waals surface area contributed by atoms with Crippen molar-refractivity contribution in [2.75, 3.05) is 20.8 Å². The van der Waals surface area contributed by atoms with Crippen LogP contribution in [-0.2, 0) is 4.74 Å². The fourth-order valence-corrected chi connectivity index (χ4v) is 5.21. The quantitative estimate of drug-likeness (QED) is 0.273. The van der Waals surface area contributed by atoms with Crippen molar-refractivity contribution in [3.63, 3.8) is 0 Å². The third-order valence-corrected chi connectivity index (χ3v) is 7.01. The van der Waals surface area contributed by atoms with Crippen LogP contribution in [0.15, 0.2) is 58.4 Å². The van der Waals surface area contributed by atoms with Gasteiger partial charge in [-0.25, -0.2) is 9.78 Å². The van der Waals surface area contributed by atoms with Gasteiger partial charge in [0.15, 0.2) is 17.0 Å². The molecule has 0 spiro atoms. The zero-order valence-electron chi connectivity index (χ0n) is 22.2. The Balaban J connectivity index is 1.89. The van der Waals surface area contributed by atoms with E-state index >= 15 is 0 Å². The molecule has 3 heterocycles. The molecule has 5 rings (SSSR count). The molecule has 0 bridgehead atoms. The summed E-state index contributed by atoms with van der Waals surface area (Å²) >= 11 is 0. The highest BCUT2D eigenvalue weighted by Crippen LogP contribution is 2.32. The number of carbonyl (C=O) groups is 2. The van der Waals surface area contributed by atoms with E-state index in [0.717, 1.165) is 32.1 Å². The van der Waals surface area contributed by atoms with Crippen LogP contribution in [0, 0.1) is 0 Å². The first-order chi connectivity index (χ1) is 19.0. The third-order valence-electron chi connectivity index (χ3n) is 7.01. The van der Waals surface area contributed by atoms with Crippen LogP contribution in [0.5, 0.6) is 11.5 Å². The van der Waals surface area contributed by atoms with E-state index in [-0.39, 0.29) is 46.0 Å². The van der Waals surface area contributed by atoms with Gasteiger partial charge < -0.3 is 18.8 Å². The highest BCUT2D eigenvalue weighted by Gasteiger charge is 2.26. The second-order valence-electron chi connectivity index (χ2n) is 9.31. The minimum atomic E-state index is -0.675. The third kappa shape index (κ3) is 4.78. The number of rotatable bonds is 6. The van der Waals surface area contributed by atoms with E-state index in [1.165, 1.54) is 24.7 Å². The van der Waals surface area contributed by atoms with E-state index in [9.17, 15) is 14.4 Å². The monoisotopic (exact) mass is 530 g/mol. The summed E-state index contributed by atoms with van der Waals surface area (Å²) in [7, 11) is 2.93. The van der Waals surface area contributed by atoms with Gasteiger partial charge in [0.05, 0.1) is 31.8 Å². The Morgan fingerprint density at radius 2 is 1.82 bits per heavy atom. The van der Waals surface area contributed by atoms with Gasteiger partial charge in [0.1, 0.15) is 16.9 Å². The summed E-state index contributed by atoms with van der Waals surface area (Å²) < 4.78 is 19.4. The topological polar surface area (TPSA) is 113 Å². The molecule has 0 radical (unpaired) electrons. The number of carbonyl (C=O) groups excluding carboxylic acids is 2. The zero-order chi connectivity index (χ0) is 27.5. The molecule has 0 atom stereocenters. The summed E-state index contributed by atoms with van der Waals surface area (Å²) in [5.41, 5.74) is 0.812. The Bertz CT molecular complexity index is 1700. The van der Waals surface area contributed by atoms with Gasteiger partial charge in [0.2, 0.25) is 0 Å². The fourth-order valence-electron chi connectivity index (χ4n) is 5.21. The van der Waals surface area contributed by atoms with Gasteiger partial charge in [-0.3, -0.25) is 14.0 Å². The lowest BCUT2D eigenvalue weighted by atomic mass is 9.94.